The van der Waals surface area contributed by atoms with Crippen molar-refractivity contribution in [1.82, 2.24) is 24.4 Å². The van der Waals surface area contributed by atoms with Crippen molar-refractivity contribution in [2.45, 2.75) is 0 Å². The van der Waals surface area contributed by atoms with E-state index in [4.69, 9.17) is 14.3 Å². The number of methoxy groups -OCH3 is 1. The third-order valence-electron chi connectivity index (χ3n) is 5.33. The highest BCUT2D eigenvalue weighted by Crippen LogP contribution is 2.28. The molecule has 0 saturated carbocycles. The molecular formula is C25H17N5O3S. The highest BCUT2D eigenvalue weighted by atomic mass is 32.1. The molecule has 0 aliphatic heterocycles. The minimum atomic E-state index is -0.244. The van der Waals surface area contributed by atoms with Crippen molar-refractivity contribution in [3.05, 3.63) is 99.6 Å². The molecule has 0 atom stereocenters. The molecule has 0 aliphatic rings. The summed E-state index contributed by atoms with van der Waals surface area (Å²) in [7, 11) is 1.59. The van der Waals surface area contributed by atoms with Crippen molar-refractivity contribution in [1.29, 1.82) is 0 Å². The second kappa shape index (κ2) is 8.13. The summed E-state index contributed by atoms with van der Waals surface area (Å²) in [4.78, 5) is 18.2. The van der Waals surface area contributed by atoms with Crippen LogP contribution in [0.25, 0.3) is 39.6 Å². The fraction of sp³-hybridized carbons (Fsp3) is 0.0400. The Labute approximate surface area is 197 Å². The van der Waals surface area contributed by atoms with Gasteiger partial charge in [-0.3, -0.25) is 4.79 Å². The fourth-order valence-corrected chi connectivity index (χ4v) is 4.63. The number of nitrogens with zero attached hydrogens (tertiary/aromatic N) is 5. The monoisotopic (exact) mass is 467 g/mol. The van der Waals surface area contributed by atoms with Gasteiger partial charge >= 0.3 is 0 Å². The van der Waals surface area contributed by atoms with Crippen LogP contribution in [0.3, 0.4) is 0 Å². The zero-order valence-electron chi connectivity index (χ0n) is 18.0. The highest BCUT2D eigenvalue weighted by Gasteiger charge is 2.17. The summed E-state index contributed by atoms with van der Waals surface area (Å²) in [6.07, 6.45) is 5.28. The van der Waals surface area contributed by atoms with Crippen LogP contribution in [0.15, 0.2) is 88.4 Å². The SMILES string of the molecule is COc1ccccc1-c1nc2s/c(=C\c3cn(-c4ccccc4)nc3-c3ccco3)c(=O)n2n1. The summed E-state index contributed by atoms with van der Waals surface area (Å²) in [5, 5.41) is 9.15. The number of ether oxygens (including phenoxy) is 1. The van der Waals surface area contributed by atoms with E-state index in [0.29, 0.717) is 32.5 Å². The molecule has 166 valence electrons. The van der Waals surface area contributed by atoms with Gasteiger partial charge in [-0.05, 0) is 42.5 Å². The molecule has 0 aliphatic carbocycles. The predicted molar refractivity (Wildman–Crippen MR) is 129 cm³/mol. The standard InChI is InChI=1S/C25H17N5O3S/c1-32-19-11-6-5-10-18(19)23-26-25-30(28-23)24(31)21(34-25)14-16-15-29(17-8-3-2-4-9-17)27-22(16)20-12-7-13-33-20/h2-15H,1H3/b21-14-. The lowest BCUT2D eigenvalue weighted by Crippen LogP contribution is -2.23. The highest BCUT2D eigenvalue weighted by molar-refractivity contribution is 7.15. The number of aromatic nitrogens is 5. The first kappa shape index (κ1) is 20.1. The van der Waals surface area contributed by atoms with Crippen LogP contribution in [-0.4, -0.2) is 31.5 Å². The maximum Gasteiger partial charge on any atom is 0.291 e. The van der Waals surface area contributed by atoms with Crippen molar-refractivity contribution in [3.63, 3.8) is 0 Å². The second-order valence-electron chi connectivity index (χ2n) is 7.44. The number of para-hydroxylation sites is 2. The summed E-state index contributed by atoms with van der Waals surface area (Å²) in [6, 6.07) is 20.9. The summed E-state index contributed by atoms with van der Waals surface area (Å²) >= 11 is 1.27. The molecule has 0 spiro atoms. The molecule has 2 aromatic carbocycles. The van der Waals surface area contributed by atoms with Gasteiger partial charge < -0.3 is 9.15 Å². The molecule has 9 heteroatoms. The molecule has 0 saturated heterocycles. The van der Waals surface area contributed by atoms with Gasteiger partial charge in [0.2, 0.25) is 4.96 Å². The number of thiazole rings is 1. The summed E-state index contributed by atoms with van der Waals surface area (Å²) in [5.41, 5.74) is 2.79. The van der Waals surface area contributed by atoms with Gasteiger partial charge in [0, 0.05) is 11.8 Å². The second-order valence-corrected chi connectivity index (χ2v) is 8.45. The molecule has 4 aromatic heterocycles. The van der Waals surface area contributed by atoms with E-state index in [1.165, 1.54) is 15.9 Å². The van der Waals surface area contributed by atoms with Gasteiger partial charge in [0.1, 0.15) is 11.4 Å². The lowest BCUT2D eigenvalue weighted by molar-refractivity contribution is 0.416. The lowest BCUT2D eigenvalue weighted by Gasteiger charge is -2.03. The average molecular weight is 468 g/mol. The smallest absolute Gasteiger partial charge is 0.291 e. The summed E-state index contributed by atoms with van der Waals surface area (Å²) < 4.78 is 14.6. The molecule has 34 heavy (non-hydrogen) atoms. The van der Waals surface area contributed by atoms with E-state index in [-0.39, 0.29) is 5.56 Å². The molecule has 8 nitrogen and oxygen atoms in total. The van der Waals surface area contributed by atoms with E-state index in [0.717, 1.165) is 16.8 Å². The quantitative estimate of drug-likeness (QED) is 0.383. The van der Waals surface area contributed by atoms with Crippen molar-refractivity contribution in [3.8, 4) is 34.3 Å². The number of benzene rings is 2. The molecule has 6 rings (SSSR count). The van der Waals surface area contributed by atoms with E-state index in [2.05, 4.69) is 10.1 Å². The number of hydrogen-bond acceptors (Lipinski definition) is 7. The van der Waals surface area contributed by atoms with E-state index in [1.54, 1.807) is 24.1 Å². The van der Waals surface area contributed by atoms with Crippen molar-refractivity contribution in [2.24, 2.45) is 0 Å². The maximum atomic E-state index is 13.2. The van der Waals surface area contributed by atoms with Gasteiger partial charge in [-0.15, -0.1) is 5.10 Å². The minimum absolute atomic E-state index is 0.244. The molecule has 6 aromatic rings. The summed E-state index contributed by atoms with van der Waals surface area (Å²) in [6.45, 7) is 0. The third-order valence-corrected chi connectivity index (χ3v) is 6.29. The van der Waals surface area contributed by atoms with Crippen LogP contribution in [0.4, 0.5) is 0 Å². The first-order chi connectivity index (χ1) is 16.7. The van der Waals surface area contributed by atoms with E-state index in [9.17, 15) is 4.79 Å². The normalized spacial score (nSPS) is 12.0. The van der Waals surface area contributed by atoms with E-state index in [1.807, 2.05) is 72.9 Å². The Bertz CT molecular complexity index is 1720. The van der Waals surface area contributed by atoms with Crippen LogP contribution in [0, 0.1) is 0 Å². The zero-order valence-corrected chi connectivity index (χ0v) is 18.8. The molecule has 0 unspecified atom stereocenters. The van der Waals surface area contributed by atoms with E-state index >= 15 is 0 Å². The van der Waals surface area contributed by atoms with Crippen LogP contribution in [0.2, 0.25) is 0 Å². The first-order valence-corrected chi connectivity index (χ1v) is 11.3. The van der Waals surface area contributed by atoms with Crippen LogP contribution in [-0.2, 0) is 0 Å². The number of furan rings is 1. The molecular weight excluding hydrogens is 450 g/mol. The fourth-order valence-electron chi connectivity index (χ4n) is 3.73. The van der Waals surface area contributed by atoms with Gasteiger partial charge in [-0.1, -0.05) is 41.7 Å². The summed E-state index contributed by atoms with van der Waals surface area (Å²) in [5.74, 6) is 1.71. The van der Waals surface area contributed by atoms with Gasteiger partial charge in [-0.25, -0.2) is 4.68 Å². The molecule has 0 N–H and O–H groups in total. The van der Waals surface area contributed by atoms with Crippen LogP contribution in [0.5, 0.6) is 5.75 Å². The molecule has 4 heterocycles. The van der Waals surface area contributed by atoms with Crippen molar-refractivity contribution in [2.75, 3.05) is 7.11 Å². The Morgan fingerprint density at radius 2 is 1.82 bits per heavy atom. The number of hydrogen-bond donors (Lipinski definition) is 0. The maximum absolute atomic E-state index is 13.2. The van der Waals surface area contributed by atoms with Crippen LogP contribution < -0.4 is 14.8 Å². The largest absolute Gasteiger partial charge is 0.496 e. The Kier molecular flexibility index (Phi) is 4.81. The Morgan fingerprint density at radius 3 is 2.59 bits per heavy atom. The molecule has 0 bridgehead atoms. The van der Waals surface area contributed by atoms with Gasteiger partial charge in [0.05, 0.1) is 29.2 Å². The third kappa shape index (κ3) is 3.39. The Morgan fingerprint density at radius 1 is 1.00 bits per heavy atom. The Hall–Kier alpha value is -4.50. The Balaban J connectivity index is 1.48. The minimum Gasteiger partial charge on any atom is -0.496 e. The predicted octanol–water partition coefficient (Wildman–Crippen LogP) is 3.82. The lowest BCUT2D eigenvalue weighted by atomic mass is 10.2. The van der Waals surface area contributed by atoms with Crippen LogP contribution >= 0.6 is 11.3 Å². The van der Waals surface area contributed by atoms with Gasteiger partial charge in [-0.2, -0.15) is 14.6 Å². The van der Waals surface area contributed by atoms with Crippen molar-refractivity contribution >= 4 is 22.4 Å². The van der Waals surface area contributed by atoms with Crippen molar-refractivity contribution < 1.29 is 9.15 Å². The first-order valence-electron chi connectivity index (χ1n) is 10.4. The van der Waals surface area contributed by atoms with Gasteiger partial charge in [0.15, 0.2) is 11.6 Å². The molecule has 0 fully saturated rings. The number of fused-ring (bicyclic) bond motifs is 1. The zero-order chi connectivity index (χ0) is 23.1. The topological polar surface area (TPSA) is 87.5 Å². The van der Waals surface area contributed by atoms with Crippen LogP contribution in [0.1, 0.15) is 5.56 Å². The average Bonchev–Trinajstić information content (AvgIpc) is 3.66. The molecule has 0 amide bonds. The van der Waals surface area contributed by atoms with E-state index < -0.39 is 0 Å². The molecule has 0 radical (unpaired) electrons. The number of rotatable bonds is 5. The van der Waals surface area contributed by atoms with Gasteiger partial charge in [0.25, 0.3) is 5.56 Å².